The molecule has 0 bridgehead atoms. The van der Waals surface area contributed by atoms with Gasteiger partial charge in [-0.2, -0.15) is 8.42 Å². The number of thiazole rings is 1. The topological polar surface area (TPSA) is 67.3 Å². The summed E-state index contributed by atoms with van der Waals surface area (Å²) in [4.78, 5) is 4.14. The van der Waals surface area contributed by atoms with Crippen LogP contribution >= 0.6 is 11.3 Å². The van der Waals surface area contributed by atoms with Gasteiger partial charge >= 0.3 is 29.6 Å². The van der Waals surface area contributed by atoms with E-state index < -0.39 is 10.1 Å². The number of fused-ring (bicyclic) bond motifs is 1. The van der Waals surface area contributed by atoms with E-state index in [1.165, 1.54) is 4.70 Å². The van der Waals surface area contributed by atoms with Crippen LogP contribution in [0.15, 0.2) is 29.8 Å². The van der Waals surface area contributed by atoms with Crippen molar-refractivity contribution < 1.29 is 42.5 Å². The first-order chi connectivity index (χ1) is 7.53. The summed E-state index contributed by atoms with van der Waals surface area (Å²) in [6.45, 7) is 1.69. The summed E-state index contributed by atoms with van der Waals surface area (Å²) in [7, 11) is -3.67. The molecule has 0 atom stereocenters. The standard InChI is InChI=1S/C7H5NS.C3H8O3S.Na.H2S/c1-2-4-7-6(3-1)8-5-9-7;1-2-3-7(4,5)6;;/h1-5H;2-3H2,1H3,(H,4,5,6);;1H2/q;;+1;/p-1. The van der Waals surface area contributed by atoms with Crippen LogP contribution in [-0.2, 0) is 23.6 Å². The molecule has 4 nitrogen and oxygen atoms in total. The maximum atomic E-state index is 9.79. The van der Waals surface area contributed by atoms with Crippen LogP contribution in [0.3, 0.4) is 0 Å². The monoisotopic (exact) mass is 315 g/mol. The number of thiol groups is 1. The summed E-state index contributed by atoms with van der Waals surface area (Å²) in [6, 6.07) is 8.13. The van der Waals surface area contributed by atoms with E-state index in [2.05, 4.69) is 11.1 Å². The van der Waals surface area contributed by atoms with Crippen LogP contribution in [0, 0.1) is 0 Å². The first kappa shape index (κ1) is 20.7. The molecule has 0 saturated carbocycles. The van der Waals surface area contributed by atoms with Gasteiger partial charge < -0.3 is 13.5 Å². The molecule has 0 amide bonds. The molecular weight excluding hydrogens is 301 g/mol. The van der Waals surface area contributed by atoms with E-state index in [0.717, 1.165) is 5.52 Å². The number of rotatable bonds is 2. The van der Waals surface area contributed by atoms with Gasteiger partial charge in [0.05, 0.1) is 21.5 Å². The van der Waals surface area contributed by atoms with Crippen LogP contribution < -0.4 is 29.6 Å². The van der Waals surface area contributed by atoms with E-state index in [1.807, 2.05) is 23.7 Å². The summed E-state index contributed by atoms with van der Waals surface area (Å²) in [5.41, 5.74) is 2.97. The first-order valence-corrected chi connectivity index (χ1v) is 7.25. The fourth-order valence-electron chi connectivity index (χ4n) is 1.06. The maximum Gasteiger partial charge on any atom is 1.00 e. The van der Waals surface area contributed by atoms with Gasteiger partial charge in [-0.15, -0.1) is 11.3 Å². The molecule has 96 valence electrons. The summed E-state index contributed by atoms with van der Waals surface area (Å²) in [5.74, 6) is -0.132. The van der Waals surface area contributed by atoms with Crippen LogP contribution in [0.4, 0.5) is 0 Å². The first-order valence-electron chi connectivity index (χ1n) is 4.76. The molecule has 18 heavy (non-hydrogen) atoms. The van der Waals surface area contributed by atoms with Gasteiger partial charge in [0, 0.05) is 0 Å². The van der Waals surface area contributed by atoms with Crippen LogP contribution in [-0.4, -0.2) is 23.7 Å². The minimum atomic E-state index is -3.67. The molecule has 0 spiro atoms. The van der Waals surface area contributed by atoms with E-state index >= 15 is 0 Å². The molecule has 0 aliphatic carbocycles. The normalized spacial score (nSPS) is 9.67. The van der Waals surface area contributed by atoms with Crippen LogP contribution in [0.2, 0.25) is 0 Å². The number of aromatic nitrogens is 1. The number of hydrogen-bond acceptors (Lipinski definition) is 5. The van der Waals surface area contributed by atoms with Gasteiger partial charge in [-0.05, 0) is 18.6 Å². The second-order valence-electron chi connectivity index (χ2n) is 3.11. The van der Waals surface area contributed by atoms with Crippen molar-refractivity contribution in [2.75, 3.05) is 5.75 Å². The van der Waals surface area contributed by atoms with E-state index in [0.29, 0.717) is 6.42 Å². The largest absolute Gasteiger partial charge is 1.00 e. The molecule has 0 radical (unpaired) electrons. The van der Waals surface area contributed by atoms with E-state index in [-0.39, 0.29) is 48.8 Å². The van der Waals surface area contributed by atoms with Gasteiger partial charge in [0.2, 0.25) is 0 Å². The molecular formula is C10H14NNaO3S3. The molecule has 2 rings (SSSR count). The van der Waals surface area contributed by atoms with Gasteiger partial charge in [-0.25, -0.2) is 4.98 Å². The Bertz CT molecular complexity index is 512. The Balaban J connectivity index is 0. The Hall–Kier alpha value is 0.370. The van der Waals surface area contributed by atoms with Crippen molar-refractivity contribution in [2.45, 2.75) is 13.3 Å². The molecule has 2 aromatic rings. The molecule has 1 N–H and O–H groups in total. The second-order valence-corrected chi connectivity index (χ2v) is 5.56. The molecule has 8 heteroatoms. The summed E-state index contributed by atoms with van der Waals surface area (Å²) < 4.78 is 28.8. The third kappa shape index (κ3) is 8.47. The molecule has 0 aliphatic rings. The van der Waals surface area contributed by atoms with Crippen molar-refractivity contribution in [1.82, 2.24) is 4.98 Å². The zero-order valence-electron chi connectivity index (χ0n) is 10.3. The molecule has 0 saturated heterocycles. The van der Waals surface area contributed by atoms with E-state index in [1.54, 1.807) is 18.3 Å². The summed E-state index contributed by atoms with van der Waals surface area (Å²) >= 11 is 1.68. The van der Waals surface area contributed by atoms with Crippen LogP contribution in [0.5, 0.6) is 0 Å². The van der Waals surface area contributed by atoms with Gasteiger partial charge in [-0.1, -0.05) is 19.1 Å². The summed E-state index contributed by atoms with van der Waals surface area (Å²) in [6.07, 6.45) is 0.471. The molecule has 1 aromatic carbocycles. The Morgan fingerprint density at radius 3 is 2.39 bits per heavy atom. The quantitative estimate of drug-likeness (QED) is 0.344. The SMILES string of the molecule is CCCS(=O)(=O)O.[Na+].[SH-].c1ccc2scnc2c1. The Labute approximate surface area is 140 Å². The van der Waals surface area contributed by atoms with E-state index in [9.17, 15) is 8.42 Å². The number of nitrogens with zero attached hydrogens (tertiary/aromatic N) is 1. The van der Waals surface area contributed by atoms with Crippen LogP contribution in [0.1, 0.15) is 13.3 Å². The fourth-order valence-corrected chi connectivity index (χ4v) is 2.26. The van der Waals surface area contributed by atoms with Gasteiger partial charge in [-0.3, -0.25) is 4.55 Å². The van der Waals surface area contributed by atoms with Crippen molar-refractivity contribution in [3.8, 4) is 0 Å². The fraction of sp³-hybridized carbons (Fsp3) is 0.300. The van der Waals surface area contributed by atoms with Crippen molar-refractivity contribution in [2.24, 2.45) is 0 Å². The molecule has 0 unspecified atom stereocenters. The van der Waals surface area contributed by atoms with Gasteiger partial charge in [0.1, 0.15) is 0 Å². The Morgan fingerprint density at radius 2 is 1.94 bits per heavy atom. The average molecular weight is 315 g/mol. The van der Waals surface area contributed by atoms with Crippen molar-refractivity contribution in [3.05, 3.63) is 29.8 Å². The van der Waals surface area contributed by atoms with Crippen molar-refractivity contribution >= 4 is 45.2 Å². The minimum absolute atomic E-state index is 0. The smallest absolute Gasteiger partial charge is 0.813 e. The molecule has 0 fully saturated rings. The van der Waals surface area contributed by atoms with Gasteiger partial charge in [0.15, 0.2) is 0 Å². The van der Waals surface area contributed by atoms with Crippen molar-refractivity contribution in [3.63, 3.8) is 0 Å². The number of hydrogen-bond donors (Lipinski definition) is 1. The van der Waals surface area contributed by atoms with Gasteiger partial charge in [0.25, 0.3) is 10.1 Å². The number of benzene rings is 1. The number of para-hydroxylation sites is 1. The molecule has 1 heterocycles. The molecule has 0 aliphatic heterocycles. The average Bonchev–Trinajstić information content (AvgIpc) is 2.64. The third-order valence-corrected chi connectivity index (χ3v) is 3.43. The summed E-state index contributed by atoms with van der Waals surface area (Å²) in [5, 5.41) is 0. The van der Waals surface area contributed by atoms with Crippen molar-refractivity contribution in [1.29, 1.82) is 0 Å². The van der Waals surface area contributed by atoms with Crippen LogP contribution in [0.25, 0.3) is 10.2 Å². The minimum Gasteiger partial charge on any atom is -0.813 e. The predicted molar refractivity (Wildman–Crippen MR) is 75.1 cm³/mol. The molecule has 1 aromatic heterocycles. The Kier molecular flexibility index (Phi) is 11.7. The van der Waals surface area contributed by atoms with E-state index in [4.69, 9.17) is 4.55 Å². The zero-order chi connectivity index (χ0) is 12.0. The second kappa shape index (κ2) is 10.2. The Morgan fingerprint density at radius 1 is 1.33 bits per heavy atom. The zero-order valence-corrected chi connectivity index (χ0v) is 14.8. The predicted octanol–water partition coefficient (Wildman–Crippen LogP) is -0.686. The maximum absolute atomic E-state index is 9.79. The third-order valence-electron chi connectivity index (χ3n) is 1.70.